The maximum atomic E-state index is 13.9. The van der Waals surface area contributed by atoms with Crippen LogP contribution in [0.15, 0.2) is 77.7 Å². The van der Waals surface area contributed by atoms with E-state index >= 15 is 0 Å². The van der Waals surface area contributed by atoms with Crippen molar-refractivity contribution in [2.75, 3.05) is 43.9 Å². The highest BCUT2D eigenvalue weighted by atomic mass is 32.2. The van der Waals surface area contributed by atoms with Crippen LogP contribution in [0.5, 0.6) is 11.5 Å². The van der Waals surface area contributed by atoms with E-state index in [4.69, 9.17) is 15.2 Å². The predicted molar refractivity (Wildman–Crippen MR) is 154 cm³/mol. The van der Waals surface area contributed by atoms with Crippen LogP contribution in [-0.4, -0.2) is 55.8 Å². The van der Waals surface area contributed by atoms with Crippen LogP contribution in [0.25, 0.3) is 5.69 Å². The molecule has 1 fully saturated rings. The largest absolute Gasteiger partial charge is 0.495 e. The number of benzene rings is 3. The molecule has 13 heteroatoms. The lowest BCUT2D eigenvalue weighted by Gasteiger charge is -2.35. The summed E-state index contributed by atoms with van der Waals surface area (Å²) in [5.41, 5.74) is 7.16. The number of methoxy groups -OCH3 is 1. The van der Waals surface area contributed by atoms with Crippen molar-refractivity contribution in [2.45, 2.75) is 12.4 Å². The predicted octanol–water partition coefficient (Wildman–Crippen LogP) is 3.33. The molecule has 0 amide bonds. The van der Waals surface area contributed by atoms with E-state index in [9.17, 15) is 22.0 Å². The van der Waals surface area contributed by atoms with Crippen LogP contribution in [0.4, 0.5) is 20.2 Å². The van der Waals surface area contributed by atoms with Gasteiger partial charge in [0.1, 0.15) is 29.7 Å². The van der Waals surface area contributed by atoms with Gasteiger partial charge in [0, 0.05) is 32.2 Å². The normalized spacial score (nSPS) is 14.1. The first-order valence-electron chi connectivity index (χ1n) is 13.1. The molecule has 1 aromatic heterocycles. The Labute approximate surface area is 241 Å². The molecule has 0 aliphatic carbocycles. The van der Waals surface area contributed by atoms with E-state index in [1.165, 1.54) is 17.6 Å². The molecule has 0 unspecified atom stereocenters. The molecule has 5 rings (SSSR count). The van der Waals surface area contributed by atoms with Gasteiger partial charge in [-0.2, -0.15) is 14.1 Å². The zero-order chi connectivity index (χ0) is 29.9. The second kappa shape index (κ2) is 12.2. The molecule has 0 saturated carbocycles. The van der Waals surface area contributed by atoms with Gasteiger partial charge < -0.3 is 20.1 Å². The van der Waals surface area contributed by atoms with Crippen molar-refractivity contribution in [1.29, 1.82) is 0 Å². The number of rotatable bonds is 9. The molecule has 0 bridgehead atoms. The number of hydrogen-bond donors (Lipinski definition) is 1. The SMILES string of the molecule is COc1cc(CS(=O)(=O)N2CCN(c3cnn(-c4cc(F)cc(F)c4)c(=O)c3OCc3ccccc3)CC2)ccc1N. The molecule has 42 heavy (non-hydrogen) atoms. The molecule has 0 radical (unpaired) electrons. The van der Waals surface area contributed by atoms with E-state index in [0.717, 1.165) is 22.4 Å². The number of aromatic nitrogens is 2. The molecule has 220 valence electrons. The second-order valence-corrected chi connectivity index (χ2v) is 11.7. The van der Waals surface area contributed by atoms with Crippen LogP contribution in [0, 0.1) is 11.6 Å². The van der Waals surface area contributed by atoms with E-state index in [0.29, 0.717) is 28.8 Å². The van der Waals surface area contributed by atoms with Crippen molar-refractivity contribution in [3.8, 4) is 17.2 Å². The molecule has 1 aliphatic rings. The molecule has 2 N–H and O–H groups in total. The van der Waals surface area contributed by atoms with Gasteiger partial charge in [-0.25, -0.2) is 17.2 Å². The van der Waals surface area contributed by atoms with Crippen LogP contribution in [0.2, 0.25) is 0 Å². The third kappa shape index (κ3) is 6.37. The van der Waals surface area contributed by atoms with Gasteiger partial charge in [0.25, 0.3) is 0 Å². The first kappa shape index (κ1) is 29.0. The number of nitrogens with two attached hydrogens (primary N) is 1. The first-order chi connectivity index (χ1) is 20.1. The third-order valence-electron chi connectivity index (χ3n) is 6.85. The summed E-state index contributed by atoms with van der Waals surface area (Å²) in [6.07, 6.45) is 1.38. The standard InChI is InChI=1S/C29H29F2N5O5S/c1-40-27-13-21(7-8-25(27)32)19-42(38,39)35-11-9-34(10-12-35)26-17-33-36(24-15-22(30)14-23(31)16-24)29(37)28(26)41-18-20-5-3-2-4-6-20/h2-8,13-17H,9-12,18-19,32H2,1H3. The monoisotopic (exact) mass is 597 g/mol. The molecular formula is C29H29F2N5O5S. The summed E-state index contributed by atoms with van der Waals surface area (Å²) in [6.45, 7) is 0.886. The van der Waals surface area contributed by atoms with Crippen molar-refractivity contribution < 1.29 is 26.7 Å². The second-order valence-electron chi connectivity index (χ2n) is 9.70. The summed E-state index contributed by atoms with van der Waals surface area (Å²) >= 11 is 0. The highest BCUT2D eigenvalue weighted by Gasteiger charge is 2.30. The van der Waals surface area contributed by atoms with E-state index in [1.807, 2.05) is 35.2 Å². The van der Waals surface area contributed by atoms with Crippen LogP contribution >= 0.6 is 0 Å². The van der Waals surface area contributed by atoms with Gasteiger partial charge in [-0.1, -0.05) is 36.4 Å². The summed E-state index contributed by atoms with van der Waals surface area (Å²) in [5, 5.41) is 4.16. The van der Waals surface area contributed by atoms with Crippen LogP contribution in [-0.2, 0) is 22.4 Å². The Balaban J connectivity index is 1.39. The number of ether oxygens (including phenoxy) is 2. The molecule has 1 aliphatic heterocycles. The summed E-state index contributed by atoms with van der Waals surface area (Å²) in [6, 6.07) is 16.7. The van der Waals surface area contributed by atoms with Gasteiger partial charge in [0.05, 0.1) is 30.4 Å². The molecule has 0 spiro atoms. The highest BCUT2D eigenvalue weighted by Crippen LogP contribution is 2.28. The zero-order valence-corrected chi connectivity index (χ0v) is 23.6. The Morgan fingerprint density at radius 3 is 2.29 bits per heavy atom. The van der Waals surface area contributed by atoms with E-state index in [1.54, 1.807) is 18.2 Å². The average molecular weight is 598 g/mol. The van der Waals surface area contributed by atoms with Gasteiger partial charge in [0.15, 0.2) is 0 Å². The van der Waals surface area contributed by atoms with Gasteiger partial charge in [-0.15, -0.1) is 0 Å². The number of anilines is 2. The van der Waals surface area contributed by atoms with Crippen molar-refractivity contribution >= 4 is 21.4 Å². The molecule has 3 aromatic carbocycles. The van der Waals surface area contributed by atoms with Gasteiger partial charge >= 0.3 is 5.56 Å². The van der Waals surface area contributed by atoms with Gasteiger partial charge in [-0.05, 0) is 35.4 Å². The van der Waals surface area contributed by atoms with Crippen molar-refractivity contribution in [1.82, 2.24) is 14.1 Å². The number of nitrogen functional groups attached to an aromatic ring is 1. The minimum absolute atomic E-state index is 0.0595. The Morgan fingerprint density at radius 1 is 0.929 bits per heavy atom. The minimum Gasteiger partial charge on any atom is -0.495 e. The van der Waals surface area contributed by atoms with Crippen molar-refractivity contribution in [2.24, 2.45) is 0 Å². The smallest absolute Gasteiger partial charge is 0.316 e. The quantitative estimate of drug-likeness (QED) is 0.292. The van der Waals surface area contributed by atoms with Crippen molar-refractivity contribution in [3.05, 3.63) is 106 Å². The van der Waals surface area contributed by atoms with Crippen LogP contribution < -0.4 is 25.7 Å². The minimum atomic E-state index is -3.67. The summed E-state index contributed by atoms with van der Waals surface area (Å²) in [5.74, 6) is -1.60. The lowest BCUT2D eigenvalue weighted by atomic mass is 10.2. The number of hydrogen-bond acceptors (Lipinski definition) is 8. The fraction of sp³-hybridized carbons (Fsp3) is 0.241. The molecule has 0 atom stereocenters. The van der Waals surface area contributed by atoms with E-state index in [-0.39, 0.29) is 50.0 Å². The van der Waals surface area contributed by atoms with Gasteiger partial charge in [-0.3, -0.25) is 4.79 Å². The Morgan fingerprint density at radius 2 is 1.62 bits per heavy atom. The van der Waals surface area contributed by atoms with Crippen LogP contribution in [0.3, 0.4) is 0 Å². The maximum Gasteiger partial charge on any atom is 0.316 e. The number of sulfonamides is 1. The average Bonchev–Trinajstić information content (AvgIpc) is 2.97. The molecular weight excluding hydrogens is 568 g/mol. The third-order valence-corrected chi connectivity index (χ3v) is 8.70. The number of piperazine rings is 1. The van der Waals surface area contributed by atoms with Crippen molar-refractivity contribution in [3.63, 3.8) is 0 Å². The molecule has 1 saturated heterocycles. The van der Waals surface area contributed by atoms with Crippen LogP contribution in [0.1, 0.15) is 11.1 Å². The fourth-order valence-electron chi connectivity index (χ4n) is 4.72. The Kier molecular flexibility index (Phi) is 8.41. The number of nitrogens with zero attached hydrogens (tertiary/aromatic N) is 4. The summed E-state index contributed by atoms with van der Waals surface area (Å²) < 4.78 is 67.7. The maximum absolute atomic E-state index is 13.9. The fourth-order valence-corrected chi connectivity index (χ4v) is 6.22. The lowest BCUT2D eigenvalue weighted by Crippen LogP contribution is -2.49. The Hall–Kier alpha value is -4.49. The molecule has 2 heterocycles. The van der Waals surface area contributed by atoms with E-state index < -0.39 is 27.2 Å². The topological polar surface area (TPSA) is 120 Å². The lowest BCUT2D eigenvalue weighted by molar-refractivity contribution is 0.297. The summed E-state index contributed by atoms with van der Waals surface area (Å²) in [7, 11) is -2.21. The number of halogens is 2. The first-order valence-corrected chi connectivity index (χ1v) is 14.7. The van der Waals surface area contributed by atoms with Gasteiger partial charge in [0.2, 0.25) is 15.8 Å². The summed E-state index contributed by atoms with van der Waals surface area (Å²) in [4.78, 5) is 15.4. The molecule has 4 aromatic rings. The Bertz CT molecular complexity index is 1720. The van der Waals surface area contributed by atoms with E-state index in [2.05, 4.69) is 5.10 Å². The zero-order valence-electron chi connectivity index (χ0n) is 22.7. The molecule has 10 nitrogen and oxygen atoms in total. The highest BCUT2D eigenvalue weighted by molar-refractivity contribution is 7.88.